The molecule has 1 aliphatic rings. The number of aromatic nitrogens is 3. The van der Waals surface area contributed by atoms with Crippen LogP contribution in [0.25, 0.3) is 22.1 Å². The Hall–Kier alpha value is -3.93. The molecule has 0 unspecified atom stereocenters. The summed E-state index contributed by atoms with van der Waals surface area (Å²) in [6, 6.07) is 18.3. The Bertz CT molecular complexity index is 1440. The van der Waals surface area contributed by atoms with E-state index < -0.39 is 0 Å². The third kappa shape index (κ3) is 2.54. The Kier molecular flexibility index (Phi) is 3.77. The van der Waals surface area contributed by atoms with Crippen molar-refractivity contribution in [3.8, 4) is 0 Å². The molecule has 0 atom stereocenters. The molecule has 2 aromatic carbocycles. The molecule has 0 amide bonds. The topological polar surface area (TPSA) is 58.3 Å². The fourth-order valence-electron chi connectivity index (χ4n) is 4.24. The molecule has 3 aromatic heterocycles. The first-order valence-electron chi connectivity index (χ1n) is 10.1. The molecule has 1 aliphatic heterocycles. The lowest BCUT2D eigenvalue weighted by Crippen LogP contribution is -2.28. The minimum absolute atomic E-state index is 0.631. The number of pyridine rings is 1. The molecule has 6 heteroatoms. The zero-order chi connectivity index (χ0) is 21.1. The summed E-state index contributed by atoms with van der Waals surface area (Å²) in [7, 11) is 0. The number of hydrogen-bond donors (Lipinski definition) is 0. The molecule has 0 fully saturated rings. The number of rotatable bonds is 2. The van der Waals surface area contributed by atoms with Gasteiger partial charge in [0.2, 0.25) is 5.71 Å². The second kappa shape index (κ2) is 6.54. The van der Waals surface area contributed by atoms with Crippen LogP contribution in [-0.4, -0.2) is 15.0 Å². The predicted molar refractivity (Wildman–Crippen MR) is 122 cm³/mol. The Morgan fingerprint density at radius 1 is 0.806 bits per heavy atom. The fourth-order valence-corrected chi connectivity index (χ4v) is 4.24. The van der Waals surface area contributed by atoms with Crippen LogP contribution >= 0.6 is 0 Å². The lowest BCUT2D eigenvalue weighted by Gasteiger charge is -2.28. The van der Waals surface area contributed by atoms with E-state index in [0.717, 1.165) is 56.8 Å². The van der Waals surface area contributed by atoms with E-state index in [-0.39, 0.29) is 0 Å². The molecule has 150 valence electrons. The standard InChI is InChI=1S/C25H19N5O/c1-15-9-11-19-20-12-10-16(2)28-25(20)31-22(19)21(15)30-17(3)29(18-7-5-4-6-8-18)23-24(30)27-14-13-26-23/h4-14H,3H2,1-2H3. The third-order valence-electron chi connectivity index (χ3n) is 5.66. The van der Waals surface area contributed by atoms with E-state index >= 15 is 0 Å². The Labute approximate surface area is 179 Å². The maximum atomic E-state index is 6.30. The first kappa shape index (κ1) is 17.9. The van der Waals surface area contributed by atoms with Crippen molar-refractivity contribution in [2.24, 2.45) is 0 Å². The van der Waals surface area contributed by atoms with E-state index in [1.807, 2.05) is 53.1 Å². The first-order valence-corrected chi connectivity index (χ1v) is 10.1. The van der Waals surface area contributed by atoms with E-state index in [2.05, 4.69) is 47.0 Å². The highest BCUT2D eigenvalue weighted by Crippen LogP contribution is 2.51. The van der Waals surface area contributed by atoms with Crippen molar-refractivity contribution < 1.29 is 4.42 Å². The molecule has 6 nitrogen and oxygen atoms in total. The molecule has 4 heterocycles. The molecule has 2 radical (unpaired) electrons. The van der Waals surface area contributed by atoms with Crippen LogP contribution < -0.4 is 9.80 Å². The molecular weight excluding hydrogens is 386 g/mol. The normalized spacial score (nSPS) is 14.0. The van der Waals surface area contributed by atoms with Crippen molar-refractivity contribution in [3.63, 3.8) is 0 Å². The van der Waals surface area contributed by atoms with Gasteiger partial charge in [0, 0.05) is 34.5 Å². The zero-order valence-corrected chi connectivity index (χ0v) is 17.2. The minimum Gasteiger partial charge on any atom is -0.435 e. The van der Waals surface area contributed by atoms with Gasteiger partial charge in [0.1, 0.15) is 0 Å². The SMILES string of the molecule is [CH2][C]1N(c2ccccc2)c2nccnc2N1c1c(C)ccc2c1oc1nc(C)ccc12. The summed E-state index contributed by atoms with van der Waals surface area (Å²) in [6.07, 6.45) is 4.15. The van der Waals surface area contributed by atoms with Gasteiger partial charge < -0.3 is 4.42 Å². The average molecular weight is 405 g/mol. The van der Waals surface area contributed by atoms with Gasteiger partial charge in [-0.3, -0.25) is 9.80 Å². The number of hydrogen-bond acceptors (Lipinski definition) is 6. The van der Waals surface area contributed by atoms with E-state index in [1.54, 1.807) is 12.4 Å². The lowest BCUT2D eigenvalue weighted by atomic mass is 10.1. The van der Waals surface area contributed by atoms with Gasteiger partial charge in [0.15, 0.2) is 23.4 Å². The molecule has 0 aliphatic carbocycles. The molecule has 31 heavy (non-hydrogen) atoms. The van der Waals surface area contributed by atoms with E-state index in [0.29, 0.717) is 5.71 Å². The van der Waals surface area contributed by atoms with Gasteiger partial charge >= 0.3 is 0 Å². The van der Waals surface area contributed by atoms with Crippen LogP contribution in [0.4, 0.5) is 23.0 Å². The summed E-state index contributed by atoms with van der Waals surface area (Å²) in [6.45, 7) is 8.44. The van der Waals surface area contributed by atoms with Crippen LogP contribution in [0.2, 0.25) is 0 Å². The molecular formula is C25H19N5O. The monoisotopic (exact) mass is 405 g/mol. The molecule has 0 N–H and O–H groups in total. The van der Waals surface area contributed by atoms with Crippen molar-refractivity contribution in [2.45, 2.75) is 13.8 Å². The molecule has 0 saturated carbocycles. The summed E-state index contributed by atoms with van der Waals surface area (Å²) in [5.41, 5.74) is 5.24. The van der Waals surface area contributed by atoms with Crippen LogP contribution in [-0.2, 0) is 0 Å². The van der Waals surface area contributed by atoms with Gasteiger partial charge in [0.25, 0.3) is 0 Å². The van der Waals surface area contributed by atoms with Crippen molar-refractivity contribution in [3.05, 3.63) is 91.3 Å². The lowest BCUT2D eigenvalue weighted by molar-refractivity contribution is 0.651. The van der Waals surface area contributed by atoms with Gasteiger partial charge in [-0.25, -0.2) is 15.0 Å². The molecule has 0 bridgehead atoms. The molecule has 0 spiro atoms. The highest BCUT2D eigenvalue weighted by Gasteiger charge is 2.40. The van der Waals surface area contributed by atoms with Crippen molar-refractivity contribution in [1.29, 1.82) is 0 Å². The quantitative estimate of drug-likeness (QED) is 0.359. The summed E-state index contributed by atoms with van der Waals surface area (Å²) in [5, 5.41) is 2.01. The van der Waals surface area contributed by atoms with Gasteiger partial charge in [-0.15, -0.1) is 0 Å². The van der Waals surface area contributed by atoms with E-state index in [4.69, 9.17) is 4.42 Å². The molecule has 5 aromatic rings. The number of furan rings is 1. The van der Waals surface area contributed by atoms with Gasteiger partial charge in [-0.05, 0) is 50.6 Å². The number of nitrogens with zero attached hydrogens (tertiary/aromatic N) is 5. The fraction of sp³-hybridized carbons (Fsp3) is 0.0800. The van der Waals surface area contributed by atoms with E-state index in [1.165, 1.54) is 0 Å². The summed E-state index contributed by atoms with van der Waals surface area (Å²) < 4.78 is 6.30. The van der Waals surface area contributed by atoms with Crippen LogP contribution in [0.1, 0.15) is 11.3 Å². The second-order valence-electron chi connectivity index (χ2n) is 7.64. The van der Waals surface area contributed by atoms with Crippen LogP contribution in [0.5, 0.6) is 0 Å². The molecule has 6 rings (SSSR count). The van der Waals surface area contributed by atoms with Gasteiger partial charge in [0.05, 0.1) is 5.69 Å². The Morgan fingerprint density at radius 2 is 1.52 bits per heavy atom. The zero-order valence-electron chi connectivity index (χ0n) is 17.2. The van der Waals surface area contributed by atoms with Crippen LogP contribution in [0, 0.1) is 26.9 Å². The average Bonchev–Trinajstić information content (AvgIpc) is 3.28. The highest BCUT2D eigenvalue weighted by molar-refractivity contribution is 6.10. The molecule has 0 saturated heterocycles. The number of aryl methyl sites for hydroxylation is 2. The minimum atomic E-state index is 0.631. The number of para-hydroxylation sites is 1. The Morgan fingerprint density at radius 3 is 2.29 bits per heavy atom. The first-order chi connectivity index (χ1) is 15.1. The van der Waals surface area contributed by atoms with Crippen molar-refractivity contribution in [1.82, 2.24) is 15.0 Å². The predicted octanol–water partition coefficient (Wildman–Crippen LogP) is 6.00. The van der Waals surface area contributed by atoms with Gasteiger partial charge in [-0.2, -0.15) is 0 Å². The van der Waals surface area contributed by atoms with E-state index in [9.17, 15) is 0 Å². The Balaban J connectivity index is 1.62. The number of fused-ring (bicyclic) bond motifs is 4. The number of anilines is 4. The largest absolute Gasteiger partial charge is 0.435 e. The van der Waals surface area contributed by atoms with Crippen molar-refractivity contribution in [2.75, 3.05) is 9.80 Å². The smallest absolute Gasteiger partial charge is 0.227 e. The third-order valence-corrected chi connectivity index (χ3v) is 5.66. The summed E-state index contributed by atoms with van der Waals surface area (Å²) in [4.78, 5) is 17.9. The second-order valence-corrected chi connectivity index (χ2v) is 7.64. The maximum absolute atomic E-state index is 6.30. The van der Waals surface area contributed by atoms with Crippen LogP contribution in [0.15, 0.2) is 71.4 Å². The van der Waals surface area contributed by atoms with Crippen molar-refractivity contribution >= 4 is 45.1 Å². The van der Waals surface area contributed by atoms with Gasteiger partial charge in [-0.1, -0.05) is 30.3 Å². The van der Waals surface area contributed by atoms with Crippen LogP contribution in [0.3, 0.4) is 0 Å². The maximum Gasteiger partial charge on any atom is 0.227 e. The highest BCUT2D eigenvalue weighted by atomic mass is 16.3. The number of benzene rings is 2. The summed E-state index contributed by atoms with van der Waals surface area (Å²) in [5.74, 6) is 1.46. The summed E-state index contributed by atoms with van der Waals surface area (Å²) >= 11 is 0.